The van der Waals surface area contributed by atoms with Crippen LogP contribution in [0.15, 0.2) is 73.1 Å². The number of rotatable bonds is 5. The van der Waals surface area contributed by atoms with E-state index in [0.29, 0.717) is 17.4 Å². The van der Waals surface area contributed by atoms with Gasteiger partial charge in [0.2, 0.25) is 5.95 Å². The molecule has 0 radical (unpaired) electrons. The third kappa shape index (κ3) is 4.55. The number of benzene rings is 2. The van der Waals surface area contributed by atoms with Crippen LogP contribution in [0.3, 0.4) is 0 Å². The van der Waals surface area contributed by atoms with Crippen molar-refractivity contribution in [2.75, 3.05) is 23.3 Å². The Bertz CT molecular complexity index is 889. The summed E-state index contributed by atoms with van der Waals surface area (Å²) in [6.45, 7) is 1.90. The smallest absolute Gasteiger partial charge is 0.258 e. The van der Waals surface area contributed by atoms with Gasteiger partial charge in [-0.3, -0.25) is 4.79 Å². The largest absolute Gasteiger partial charge is 0.341 e. The first-order valence-electron chi connectivity index (χ1n) is 9.75. The highest BCUT2D eigenvalue weighted by Crippen LogP contribution is 2.23. The van der Waals surface area contributed by atoms with Gasteiger partial charge in [-0.05, 0) is 42.9 Å². The number of hydrogen-bond acceptors (Lipinski definition) is 4. The topological polar surface area (TPSA) is 58.1 Å². The van der Waals surface area contributed by atoms with Crippen LogP contribution in [-0.2, 0) is 6.42 Å². The van der Waals surface area contributed by atoms with E-state index < -0.39 is 0 Å². The zero-order valence-corrected chi connectivity index (χ0v) is 15.8. The Labute approximate surface area is 165 Å². The van der Waals surface area contributed by atoms with E-state index in [9.17, 15) is 4.79 Å². The lowest BCUT2D eigenvalue weighted by Crippen LogP contribution is -2.35. The summed E-state index contributed by atoms with van der Waals surface area (Å²) in [4.78, 5) is 23.4. The van der Waals surface area contributed by atoms with Gasteiger partial charge in [-0.15, -0.1) is 0 Å². The fourth-order valence-electron chi connectivity index (χ4n) is 3.61. The summed E-state index contributed by atoms with van der Waals surface area (Å²) in [5, 5.41) is 2.85. The van der Waals surface area contributed by atoms with Crippen molar-refractivity contribution in [2.45, 2.75) is 19.3 Å². The molecule has 1 aliphatic rings. The van der Waals surface area contributed by atoms with Gasteiger partial charge in [-0.2, -0.15) is 0 Å². The third-order valence-electron chi connectivity index (χ3n) is 5.20. The molecule has 0 bridgehead atoms. The number of carbonyl (C=O) groups excluding carboxylic acids is 1. The van der Waals surface area contributed by atoms with E-state index in [1.165, 1.54) is 5.56 Å². The number of nitrogens with zero attached hydrogens (tertiary/aromatic N) is 3. The van der Waals surface area contributed by atoms with Gasteiger partial charge in [-0.25, -0.2) is 9.97 Å². The minimum Gasteiger partial charge on any atom is -0.341 e. The number of para-hydroxylation sites is 1. The minimum atomic E-state index is -0.195. The second-order valence-electron chi connectivity index (χ2n) is 7.21. The Balaban J connectivity index is 1.31. The van der Waals surface area contributed by atoms with E-state index in [4.69, 9.17) is 0 Å². The predicted molar refractivity (Wildman–Crippen MR) is 112 cm³/mol. The van der Waals surface area contributed by atoms with Crippen LogP contribution in [0.4, 0.5) is 11.6 Å². The van der Waals surface area contributed by atoms with Crippen molar-refractivity contribution in [3.8, 4) is 0 Å². The van der Waals surface area contributed by atoms with Crippen molar-refractivity contribution in [1.82, 2.24) is 9.97 Å². The molecule has 1 amide bonds. The number of carbonyl (C=O) groups is 1. The summed E-state index contributed by atoms with van der Waals surface area (Å²) >= 11 is 0. The Kier molecular flexibility index (Phi) is 5.61. The molecule has 1 saturated heterocycles. The van der Waals surface area contributed by atoms with Crippen molar-refractivity contribution in [2.24, 2.45) is 5.92 Å². The van der Waals surface area contributed by atoms with Crippen molar-refractivity contribution in [3.63, 3.8) is 0 Å². The van der Waals surface area contributed by atoms with Gasteiger partial charge in [0.1, 0.15) is 0 Å². The number of aromatic nitrogens is 2. The molecule has 1 N–H and O–H groups in total. The summed E-state index contributed by atoms with van der Waals surface area (Å²) < 4.78 is 0. The molecule has 1 aliphatic heterocycles. The Hall–Kier alpha value is -3.21. The molecule has 5 heteroatoms. The molecule has 3 aromatic rings. The first-order chi connectivity index (χ1) is 13.8. The van der Waals surface area contributed by atoms with E-state index in [2.05, 4.69) is 50.5 Å². The first-order valence-corrected chi connectivity index (χ1v) is 9.75. The zero-order chi connectivity index (χ0) is 19.2. The van der Waals surface area contributed by atoms with Gasteiger partial charge in [0, 0.05) is 31.2 Å². The predicted octanol–water partition coefficient (Wildman–Crippen LogP) is 4.19. The lowest BCUT2D eigenvalue weighted by molar-refractivity contribution is 0.102. The van der Waals surface area contributed by atoms with E-state index in [-0.39, 0.29) is 5.91 Å². The van der Waals surface area contributed by atoms with Crippen LogP contribution in [-0.4, -0.2) is 29.0 Å². The Morgan fingerprint density at radius 1 is 0.929 bits per heavy atom. The van der Waals surface area contributed by atoms with Crippen molar-refractivity contribution in [3.05, 3.63) is 84.2 Å². The van der Waals surface area contributed by atoms with Gasteiger partial charge in [0.15, 0.2) is 0 Å². The van der Waals surface area contributed by atoms with Gasteiger partial charge in [0.25, 0.3) is 5.91 Å². The van der Waals surface area contributed by atoms with Crippen LogP contribution in [0.1, 0.15) is 28.8 Å². The zero-order valence-electron chi connectivity index (χ0n) is 15.8. The lowest BCUT2D eigenvalue weighted by atomic mass is 9.90. The maximum Gasteiger partial charge on any atom is 0.258 e. The molecule has 0 atom stereocenters. The molecule has 5 nitrogen and oxygen atoms in total. The summed E-state index contributed by atoms with van der Waals surface area (Å²) in [5.41, 5.74) is 2.63. The molecule has 2 aromatic carbocycles. The molecule has 1 fully saturated rings. The SMILES string of the molecule is O=C(Nc1ccccc1)c1cnc(N2CCC(Cc3ccccc3)CC2)nc1. The van der Waals surface area contributed by atoms with Crippen molar-refractivity contribution < 1.29 is 4.79 Å². The second kappa shape index (κ2) is 8.65. The van der Waals surface area contributed by atoms with Crippen LogP contribution in [0.2, 0.25) is 0 Å². The van der Waals surface area contributed by atoms with Gasteiger partial charge in [-0.1, -0.05) is 48.5 Å². The van der Waals surface area contributed by atoms with Crippen LogP contribution in [0.25, 0.3) is 0 Å². The molecule has 0 unspecified atom stereocenters. The molecular weight excluding hydrogens is 348 g/mol. The molecule has 142 valence electrons. The molecular formula is C23H24N4O. The molecule has 0 spiro atoms. The van der Waals surface area contributed by atoms with E-state index in [1.807, 2.05) is 30.3 Å². The highest BCUT2D eigenvalue weighted by Gasteiger charge is 2.21. The third-order valence-corrected chi connectivity index (χ3v) is 5.20. The van der Waals surface area contributed by atoms with Crippen LogP contribution in [0.5, 0.6) is 0 Å². The molecule has 28 heavy (non-hydrogen) atoms. The minimum absolute atomic E-state index is 0.195. The fourth-order valence-corrected chi connectivity index (χ4v) is 3.61. The van der Waals surface area contributed by atoms with Gasteiger partial charge < -0.3 is 10.2 Å². The normalized spacial score (nSPS) is 14.6. The van der Waals surface area contributed by atoms with Crippen LogP contribution in [0, 0.1) is 5.92 Å². The second-order valence-corrected chi connectivity index (χ2v) is 7.21. The maximum absolute atomic E-state index is 12.3. The van der Waals surface area contributed by atoms with Gasteiger partial charge in [0.05, 0.1) is 5.56 Å². The molecule has 2 heterocycles. The Morgan fingerprint density at radius 2 is 1.54 bits per heavy atom. The number of anilines is 2. The first kappa shape index (κ1) is 18.2. The molecule has 1 aromatic heterocycles. The summed E-state index contributed by atoms with van der Waals surface area (Å²) in [6, 6.07) is 20.1. The summed E-state index contributed by atoms with van der Waals surface area (Å²) in [5.74, 6) is 1.21. The van der Waals surface area contributed by atoms with Crippen molar-refractivity contribution >= 4 is 17.5 Å². The molecule has 0 aliphatic carbocycles. The van der Waals surface area contributed by atoms with Crippen LogP contribution < -0.4 is 10.2 Å². The van der Waals surface area contributed by atoms with E-state index in [0.717, 1.165) is 38.0 Å². The molecule has 0 saturated carbocycles. The quantitative estimate of drug-likeness (QED) is 0.730. The monoisotopic (exact) mass is 372 g/mol. The average Bonchev–Trinajstić information content (AvgIpc) is 2.76. The lowest BCUT2D eigenvalue weighted by Gasteiger charge is -2.32. The van der Waals surface area contributed by atoms with Crippen LogP contribution >= 0.6 is 0 Å². The molecule has 4 rings (SSSR count). The van der Waals surface area contributed by atoms with E-state index in [1.54, 1.807) is 12.4 Å². The highest BCUT2D eigenvalue weighted by molar-refractivity contribution is 6.03. The maximum atomic E-state index is 12.3. The number of amides is 1. The van der Waals surface area contributed by atoms with Gasteiger partial charge >= 0.3 is 0 Å². The fraction of sp³-hybridized carbons (Fsp3) is 0.261. The number of piperidine rings is 1. The average molecular weight is 372 g/mol. The standard InChI is InChI=1S/C23H24N4O/c28-22(26-21-9-5-2-6-10-21)20-16-24-23(25-17-20)27-13-11-19(12-14-27)15-18-7-3-1-4-8-18/h1-10,16-17,19H,11-15H2,(H,26,28). The van der Waals surface area contributed by atoms with E-state index >= 15 is 0 Å². The van der Waals surface area contributed by atoms with Crippen molar-refractivity contribution in [1.29, 1.82) is 0 Å². The number of nitrogens with one attached hydrogen (secondary N) is 1. The Morgan fingerprint density at radius 3 is 2.18 bits per heavy atom. The summed E-state index contributed by atoms with van der Waals surface area (Å²) in [6.07, 6.45) is 6.62. The number of hydrogen-bond donors (Lipinski definition) is 1. The summed E-state index contributed by atoms with van der Waals surface area (Å²) in [7, 11) is 0. The highest BCUT2D eigenvalue weighted by atomic mass is 16.1.